The third-order valence-corrected chi connectivity index (χ3v) is 4.08. The molecule has 0 aliphatic heterocycles. The van der Waals surface area contributed by atoms with Crippen molar-refractivity contribution < 1.29 is 26.3 Å². The molecule has 3 rings (SSSR count). The van der Waals surface area contributed by atoms with Crippen molar-refractivity contribution in [3.63, 3.8) is 0 Å². The van der Waals surface area contributed by atoms with Crippen molar-refractivity contribution in [1.29, 1.82) is 0 Å². The molecular formula is C15H10BrF6N5. The minimum absolute atomic E-state index is 0.00204. The van der Waals surface area contributed by atoms with E-state index in [1.165, 1.54) is 16.9 Å². The monoisotopic (exact) mass is 453 g/mol. The zero-order chi connectivity index (χ0) is 20.1. The first-order valence-corrected chi connectivity index (χ1v) is 8.01. The second-order valence-electron chi connectivity index (χ2n) is 5.59. The Bertz CT molecular complexity index is 1000. The normalized spacial score (nSPS) is 12.6. The first kappa shape index (κ1) is 19.3. The molecule has 0 bridgehead atoms. The molecule has 2 heterocycles. The fourth-order valence-electron chi connectivity index (χ4n) is 2.50. The number of nitrogen functional groups attached to an aromatic ring is 1. The SMILES string of the molecule is Cn1ccc(-n2nc(C(F)(F)F)c(-c3cc(Br)cc(C(F)(F)F)c3)c2N)n1. The molecule has 1 aromatic carbocycles. The Kier molecular flexibility index (Phi) is 4.49. The van der Waals surface area contributed by atoms with E-state index in [0.717, 1.165) is 16.8 Å². The third-order valence-electron chi connectivity index (χ3n) is 3.62. The van der Waals surface area contributed by atoms with Crippen LogP contribution in [-0.4, -0.2) is 19.6 Å². The molecule has 0 saturated carbocycles. The molecule has 0 unspecified atom stereocenters. The van der Waals surface area contributed by atoms with Crippen LogP contribution in [0.2, 0.25) is 0 Å². The molecule has 2 aromatic heterocycles. The second-order valence-corrected chi connectivity index (χ2v) is 6.51. The van der Waals surface area contributed by atoms with Crippen LogP contribution < -0.4 is 5.73 Å². The number of aryl methyl sites for hydroxylation is 1. The Morgan fingerprint density at radius 1 is 1.00 bits per heavy atom. The van der Waals surface area contributed by atoms with Crippen molar-refractivity contribution in [2.75, 3.05) is 5.73 Å². The van der Waals surface area contributed by atoms with Crippen molar-refractivity contribution >= 4 is 21.7 Å². The average Bonchev–Trinajstić information content (AvgIpc) is 3.08. The van der Waals surface area contributed by atoms with E-state index in [0.29, 0.717) is 6.07 Å². The molecule has 5 nitrogen and oxygen atoms in total. The highest BCUT2D eigenvalue weighted by Gasteiger charge is 2.40. The van der Waals surface area contributed by atoms with Crippen molar-refractivity contribution in [2.45, 2.75) is 12.4 Å². The Morgan fingerprint density at radius 3 is 2.19 bits per heavy atom. The number of nitrogens with zero attached hydrogens (tertiary/aromatic N) is 4. The van der Waals surface area contributed by atoms with Gasteiger partial charge >= 0.3 is 12.4 Å². The molecule has 0 fully saturated rings. The van der Waals surface area contributed by atoms with E-state index in [-0.39, 0.29) is 15.9 Å². The summed E-state index contributed by atoms with van der Waals surface area (Å²) in [6.07, 6.45) is -8.23. The highest BCUT2D eigenvalue weighted by molar-refractivity contribution is 9.10. The first-order chi connectivity index (χ1) is 12.4. The molecule has 0 amide bonds. The summed E-state index contributed by atoms with van der Waals surface area (Å²) in [6.45, 7) is 0. The van der Waals surface area contributed by atoms with Gasteiger partial charge in [-0.05, 0) is 23.8 Å². The van der Waals surface area contributed by atoms with Crippen molar-refractivity contribution in [2.24, 2.45) is 7.05 Å². The highest BCUT2D eigenvalue weighted by atomic mass is 79.9. The fourth-order valence-corrected chi connectivity index (χ4v) is 3.00. The molecule has 0 atom stereocenters. The average molecular weight is 454 g/mol. The van der Waals surface area contributed by atoms with Crippen LogP contribution >= 0.6 is 15.9 Å². The third kappa shape index (κ3) is 3.66. The molecule has 0 aliphatic carbocycles. The van der Waals surface area contributed by atoms with E-state index in [4.69, 9.17) is 5.73 Å². The molecule has 27 heavy (non-hydrogen) atoms. The predicted octanol–water partition coefficient (Wildman–Crippen LogP) is 4.66. The topological polar surface area (TPSA) is 61.7 Å². The molecule has 0 saturated heterocycles. The van der Waals surface area contributed by atoms with Gasteiger partial charge in [-0.3, -0.25) is 4.68 Å². The zero-order valence-electron chi connectivity index (χ0n) is 13.4. The molecule has 0 aliphatic rings. The second kappa shape index (κ2) is 6.29. The Morgan fingerprint density at radius 2 is 1.67 bits per heavy atom. The van der Waals surface area contributed by atoms with Crippen LogP contribution in [-0.2, 0) is 19.4 Å². The van der Waals surface area contributed by atoms with Gasteiger partial charge in [0.25, 0.3) is 0 Å². The number of nitrogens with two attached hydrogens (primary N) is 1. The van der Waals surface area contributed by atoms with Gasteiger partial charge in [0.05, 0.1) is 11.1 Å². The lowest BCUT2D eigenvalue weighted by atomic mass is 10.0. The summed E-state index contributed by atoms with van der Waals surface area (Å²) in [4.78, 5) is 0. The number of benzene rings is 1. The fraction of sp³-hybridized carbons (Fsp3) is 0.200. The van der Waals surface area contributed by atoms with Gasteiger partial charge in [0.1, 0.15) is 5.82 Å². The van der Waals surface area contributed by atoms with Gasteiger partial charge in [0, 0.05) is 23.8 Å². The van der Waals surface area contributed by atoms with Gasteiger partial charge in [-0.15, -0.1) is 0 Å². The van der Waals surface area contributed by atoms with Crippen molar-refractivity contribution in [3.8, 4) is 16.9 Å². The van der Waals surface area contributed by atoms with Gasteiger partial charge in [0.15, 0.2) is 11.5 Å². The predicted molar refractivity (Wildman–Crippen MR) is 87.9 cm³/mol. The van der Waals surface area contributed by atoms with Gasteiger partial charge in [-0.25, -0.2) is 0 Å². The quantitative estimate of drug-likeness (QED) is 0.574. The van der Waals surface area contributed by atoms with Crippen LogP contribution in [0.3, 0.4) is 0 Å². The van der Waals surface area contributed by atoms with E-state index >= 15 is 0 Å². The van der Waals surface area contributed by atoms with Gasteiger partial charge < -0.3 is 5.73 Å². The van der Waals surface area contributed by atoms with Gasteiger partial charge in [-0.2, -0.15) is 41.2 Å². The van der Waals surface area contributed by atoms with E-state index in [1.54, 1.807) is 7.05 Å². The number of anilines is 1. The number of hydrogen-bond donors (Lipinski definition) is 1. The van der Waals surface area contributed by atoms with Crippen molar-refractivity contribution in [1.82, 2.24) is 19.6 Å². The lowest BCUT2D eigenvalue weighted by Crippen LogP contribution is -2.09. The van der Waals surface area contributed by atoms with Crippen LogP contribution in [0.15, 0.2) is 34.9 Å². The first-order valence-electron chi connectivity index (χ1n) is 7.22. The van der Waals surface area contributed by atoms with Crippen LogP contribution in [0.1, 0.15) is 11.3 Å². The van der Waals surface area contributed by atoms with Crippen LogP contribution in [0, 0.1) is 0 Å². The maximum atomic E-state index is 13.5. The lowest BCUT2D eigenvalue weighted by Gasteiger charge is -2.12. The Hall–Kier alpha value is -2.50. The summed E-state index contributed by atoms with van der Waals surface area (Å²) in [5, 5.41) is 7.38. The van der Waals surface area contributed by atoms with Gasteiger partial charge in [-0.1, -0.05) is 15.9 Å². The molecule has 0 radical (unpaired) electrons. The standard InChI is InChI=1S/C15H10BrF6N5/c1-26-3-2-10(24-26)27-13(23)11(12(25-27)15(20,21)22)7-4-8(14(17,18)19)6-9(16)5-7/h2-6H,23H2,1H3. The van der Waals surface area contributed by atoms with E-state index < -0.39 is 35.0 Å². The Balaban J connectivity index is 2.30. The maximum absolute atomic E-state index is 13.5. The Labute approximate surface area is 156 Å². The summed E-state index contributed by atoms with van der Waals surface area (Å²) < 4.78 is 81.7. The number of rotatable bonds is 2. The molecule has 3 aromatic rings. The van der Waals surface area contributed by atoms with Crippen molar-refractivity contribution in [3.05, 3.63) is 46.2 Å². The highest BCUT2D eigenvalue weighted by Crippen LogP contribution is 2.43. The molecule has 0 spiro atoms. The van der Waals surface area contributed by atoms with Crippen LogP contribution in [0.5, 0.6) is 0 Å². The smallest absolute Gasteiger partial charge is 0.383 e. The lowest BCUT2D eigenvalue weighted by molar-refractivity contribution is -0.140. The summed E-state index contributed by atoms with van der Waals surface area (Å²) >= 11 is 2.89. The van der Waals surface area contributed by atoms with E-state index in [1.807, 2.05) is 0 Å². The molecule has 144 valence electrons. The van der Waals surface area contributed by atoms with Crippen LogP contribution in [0.4, 0.5) is 32.2 Å². The minimum atomic E-state index is -4.94. The summed E-state index contributed by atoms with van der Waals surface area (Å²) in [5.41, 5.74) is 2.29. The summed E-state index contributed by atoms with van der Waals surface area (Å²) in [5.74, 6) is -0.481. The number of halogens is 7. The summed E-state index contributed by atoms with van der Waals surface area (Å²) in [6, 6.07) is 3.84. The summed E-state index contributed by atoms with van der Waals surface area (Å²) in [7, 11) is 1.54. The van der Waals surface area contributed by atoms with E-state index in [2.05, 4.69) is 26.1 Å². The van der Waals surface area contributed by atoms with Gasteiger partial charge in [0.2, 0.25) is 0 Å². The molecule has 2 N–H and O–H groups in total. The van der Waals surface area contributed by atoms with E-state index in [9.17, 15) is 26.3 Å². The van der Waals surface area contributed by atoms with Crippen LogP contribution in [0.25, 0.3) is 16.9 Å². The minimum Gasteiger partial charge on any atom is -0.383 e. The maximum Gasteiger partial charge on any atom is 0.435 e. The number of alkyl halides is 6. The number of hydrogen-bond acceptors (Lipinski definition) is 3. The largest absolute Gasteiger partial charge is 0.435 e. The molecular weight excluding hydrogens is 444 g/mol. The zero-order valence-corrected chi connectivity index (χ0v) is 15.0. The molecule has 12 heteroatoms. The number of aromatic nitrogens is 4.